The molecule has 1 fully saturated rings. The van der Waals surface area contributed by atoms with Crippen LogP contribution < -0.4 is 4.90 Å². The van der Waals surface area contributed by atoms with E-state index in [2.05, 4.69) is 24.0 Å². The molecule has 1 saturated heterocycles. The van der Waals surface area contributed by atoms with Gasteiger partial charge in [0.15, 0.2) is 5.13 Å². The van der Waals surface area contributed by atoms with Gasteiger partial charge in [-0.2, -0.15) is 4.31 Å². The van der Waals surface area contributed by atoms with Gasteiger partial charge in [-0.15, -0.1) is 0 Å². The molecule has 1 aromatic heterocycles. The van der Waals surface area contributed by atoms with Gasteiger partial charge in [-0.25, -0.2) is 13.4 Å². The van der Waals surface area contributed by atoms with E-state index < -0.39 is 10.0 Å². The van der Waals surface area contributed by atoms with Gasteiger partial charge in [-0.3, -0.25) is 14.6 Å². The maximum Gasteiger partial charge on any atom is 0.260 e. The fourth-order valence-corrected chi connectivity index (χ4v) is 7.83. The zero-order chi connectivity index (χ0) is 29.6. The average molecular weight is 601 g/mol. The summed E-state index contributed by atoms with van der Waals surface area (Å²) in [5.41, 5.74) is 2.56. The number of hydrogen-bond acceptors (Lipinski definition) is 7. The second-order valence-electron chi connectivity index (χ2n) is 11.6. The van der Waals surface area contributed by atoms with Crippen molar-refractivity contribution in [1.82, 2.24) is 14.2 Å². The molecule has 0 N–H and O–H groups in total. The van der Waals surface area contributed by atoms with Gasteiger partial charge in [-0.1, -0.05) is 52.0 Å². The standard InChI is InChI=1S/C31H44N4O4S2/c1-6-25-8-13-28-29(20-25)40-31(32-28)35(15-7-14-33-16-18-39-19-17-33)30(36)26-9-11-27(12-10-26)41(37,38)34(21-23(2)3)22-24(4)5/h8-13,20,23-24H,6-7,14-19,21-22H2,1-5H3. The van der Waals surface area contributed by atoms with Crippen LogP contribution >= 0.6 is 11.3 Å². The number of sulfonamides is 1. The third-order valence-electron chi connectivity index (χ3n) is 7.16. The van der Waals surface area contributed by atoms with Crippen molar-refractivity contribution in [2.24, 2.45) is 11.8 Å². The summed E-state index contributed by atoms with van der Waals surface area (Å²) in [6.45, 7) is 15.8. The van der Waals surface area contributed by atoms with Crippen LogP contribution in [0.1, 0.15) is 57.0 Å². The van der Waals surface area contributed by atoms with E-state index >= 15 is 0 Å². The molecule has 4 rings (SSSR count). The highest BCUT2D eigenvalue weighted by atomic mass is 32.2. The highest BCUT2D eigenvalue weighted by Gasteiger charge is 2.27. The Labute approximate surface area is 249 Å². The highest BCUT2D eigenvalue weighted by Crippen LogP contribution is 2.31. The average Bonchev–Trinajstić information content (AvgIpc) is 3.37. The van der Waals surface area contributed by atoms with Crippen molar-refractivity contribution in [3.05, 3.63) is 53.6 Å². The van der Waals surface area contributed by atoms with E-state index in [0.717, 1.165) is 55.9 Å². The number of carbonyl (C=O) groups is 1. The molecule has 0 unspecified atom stereocenters. The number of morpholine rings is 1. The van der Waals surface area contributed by atoms with Crippen LogP contribution in [0.2, 0.25) is 0 Å². The topological polar surface area (TPSA) is 83.0 Å². The minimum Gasteiger partial charge on any atom is -0.379 e. The Morgan fingerprint density at radius 2 is 1.68 bits per heavy atom. The first-order chi connectivity index (χ1) is 19.6. The highest BCUT2D eigenvalue weighted by molar-refractivity contribution is 7.89. The number of hydrogen-bond donors (Lipinski definition) is 0. The lowest BCUT2D eigenvalue weighted by molar-refractivity contribution is 0.0376. The van der Waals surface area contributed by atoms with Gasteiger partial charge in [0.05, 0.1) is 28.3 Å². The lowest BCUT2D eigenvalue weighted by Gasteiger charge is -2.28. The molecule has 0 saturated carbocycles. The number of aryl methyl sites for hydroxylation is 1. The van der Waals surface area contributed by atoms with E-state index in [1.807, 2.05) is 33.8 Å². The van der Waals surface area contributed by atoms with Crippen molar-refractivity contribution in [2.75, 3.05) is 57.4 Å². The van der Waals surface area contributed by atoms with E-state index in [9.17, 15) is 13.2 Å². The second-order valence-corrected chi connectivity index (χ2v) is 14.5. The SMILES string of the molecule is CCc1ccc2nc(N(CCCN3CCOCC3)C(=O)c3ccc(S(=O)(=O)N(CC(C)C)CC(C)C)cc3)sc2c1. The Morgan fingerprint density at radius 3 is 2.29 bits per heavy atom. The number of benzene rings is 2. The second kappa shape index (κ2) is 14.2. The van der Waals surface area contributed by atoms with E-state index in [0.29, 0.717) is 30.3 Å². The maximum absolute atomic E-state index is 13.9. The summed E-state index contributed by atoms with van der Waals surface area (Å²) in [5.74, 6) is 0.238. The Kier molecular flexibility index (Phi) is 10.9. The number of ether oxygens (including phenoxy) is 1. The monoisotopic (exact) mass is 600 g/mol. The van der Waals surface area contributed by atoms with E-state index in [1.165, 1.54) is 16.9 Å². The molecule has 3 aromatic rings. The number of amides is 1. The molecule has 0 atom stereocenters. The van der Waals surface area contributed by atoms with Crippen LogP contribution in [0.15, 0.2) is 47.4 Å². The smallest absolute Gasteiger partial charge is 0.260 e. The number of fused-ring (bicyclic) bond motifs is 1. The Morgan fingerprint density at radius 1 is 1.02 bits per heavy atom. The van der Waals surface area contributed by atoms with Crippen LogP contribution in [0, 0.1) is 11.8 Å². The van der Waals surface area contributed by atoms with E-state index in [-0.39, 0.29) is 22.6 Å². The quantitative estimate of drug-likeness (QED) is 0.257. The van der Waals surface area contributed by atoms with Crippen molar-refractivity contribution in [2.45, 2.75) is 52.4 Å². The number of nitrogens with zero attached hydrogens (tertiary/aromatic N) is 4. The summed E-state index contributed by atoms with van der Waals surface area (Å²) < 4.78 is 35.1. The Bertz CT molecular complexity index is 1390. The first-order valence-corrected chi connectivity index (χ1v) is 17.0. The minimum absolute atomic E-state index is 0.174. The molecule has 224 valence electrons. The normalized spacial score (nSPS) is 14.9. The van der Waals surface area contributed by atoms with Gasteiger partial charge in [0.2, 0.25) is 10.0 Å². The summed E-state index contributed by atoms with van der Waals surface area (Å²) in [4.78, 5) is 23.1. The van der Waals surface area contributed by atoms with Gasteiger partial charge >= 0.3 is 0 Å². The lowest BCUT2D eigenvalue weighted by atomic mass is 10.2. The molecule has 2 heterocycles. The largest absolute Gasteiger partial charge is 0.379 e. The first-order valence-electron chi connectivity index (χ1n) is 14.7. The van der Waals surface area contributed by atoms with Crippen molar-refractivity contribution >= 4 is 42.6 Å². The predicted octanol–water partition coefficient (Wildman–Crippen LogP) is 5.53. The van der Waals surface area contributed by atoms with Gasteiger partial charge in [0.1, 0.15) is 0 Å². The zero-order valence-electron chi connectivity index (χ0n) is 25.0. The van der Waals surface area contributed by atoms with Crippen LogP contribution in [0.5, 0.6) is 0 Å². The molecule has 10 heteroatoms. The van der Waals surface area contributed by atoms with Gasteiger partial charge in [0.25, 0.3) is 5.91 Å². The number of rotatable bonds is 13. The molecule has 1 amide bonds. The Hall–Kier alpha value is -2.37. The summed E-state index contributed by atoms with van der Waals surface area (Å²) >= 11 is 1.52. The lowest BCUT2D eigenvalue weighted by Crippen LogP contribution is -2.39. The van der Waals surface area contributed by atoms with Gasteiger partial charge in [0, 0.05) is 44.8 Å². The maximum atomic E-state index is 13.9. The predicted molar refractivity (Wildman–Crippen MR) is 167 cm³/mol. The molecule has 0 bridgehead atoms. The minimum atomic E-state index is -3.67. The molecule has 1 aliphatic heterocycles. The third-order valence-corrected chi connectivity index (χ3v) is 10.0. The van der Waals surface area contributed by atoms with Crippen LogP contribution in [0.4, 0.5) is 5.13 Å². The fraction of sp³-hybridized carbons (Fsp3) is 0.548. The molecule has 0 aliphatic carbocycles. The van der Waals surface area contributed by atoms with Gasteiger partial charge in [-0.05, 0) is 66.6 Å². The summed E-state index contributed by atoms with van der Waals surface area (Å²) in [7, 11) is -3.67. The number of anilines is 1. The van der Waals surface area contributed by atoms with Crippen LogP contribution in [-0.2, 0) is 21.2 Å². The molecule has 8 nitrogen and oxygen atoms in total. The van der Waals surface area contributed by atoms with Crippen molar-refractivity contribution < 1.29 is 17.9 Å². The molecule has 41 heavy (non-hydrogen) atoms. The number of thiazole rings is 1. The molecule has 1 aliphatic rings. The number of aromatic nitrogens is 1. The fourth-order valence-electron chi connectivity index (χ4n) is 5.01. The van der Waals surface area contributed by atoms with Crippen molar-refractivity contribution in [1.29, 1.82) is 0 Å². The first kappa shape index (κ1) is 31.6. The summed E-state index contributed by atoms with van der Waals surface area (Å²) in [6.07, 6.45) is 1.74. The van der Waals surface area contributed by atoms with Crippen molar-refractivity contribution in [3.63, 3.8) is 0 Å². The number of carbonyl (C=O) groups excluding carboxylic acids is 1. The Balaban J connectivity index is 1.58. The zero-order valence-corrected chi connectivity index (χ0v) is 26.6. The molecule has 0 spiro atoms. The molecule has 2 aromatic carbocycles. The van der Waals surface area contributed by atoms with Crippen molar-refractivity contribution in [3.8, 4) is 0 Å². The van der Waals surface area contributed by atoms with Crippen LogP contribution in [0.25, 0.3) is 10.2 Å². The summed E-state index contributed by atoms with van der Waals surface area (Å²) in [6, 6.07) is 12.6. The molecular formula is C31H44N4O4S2. The van der Waals surface area contributed by atoms with Crippen LogP contribution in [-0.4, -0.2) is 81.0 Å². The molecule has 0 radical (unpaired) electrons. The molecular weight excluding hydrogens is 556 g/mol. The third kappa shape index (κ3) is 8.14. The van der Waals surface area contributed by atoms with Gasteiger partial charge < -0.3 is 4.74 Å². The van der Waals surface area contributed by atoms with E-state index in [4.69, 9.17) is 9.72 Å². The van der Waals surface area contributed by atoms with E-state index in [1.54, 1.807) is 33.5 Å². The summed E-state index contributed by atoms with van der Waals surface area (Å²) in [5, 5.41) is 0.664. The van der Waals surface area contributed by atoms with Crippen LogP contribution in [0.3, 0.4) is 0 Å².